The van der Waals surface area contributed by atoms with Crippen molar-refractivity contribution in [1.29, 1.82) is 0 Å². The minimum absolute atomic E-state index is 0.350. The maximum Gasteiger partial charge on any atom is 0.231 e. The molecular weight excluding hydrogens is 264 g/mol. The van der Waals surface area contributed by atoms with Crippen LogP contribution in [0.25, 0.3) is 0 Å². The molecule has 0 radical (unpaired) electrons. The number of nitrogens with one attached hydrogen (secondary N) is 1. The van der Waals surface area contributed by atoms with Gasteiger partial charge in [0.1, 0.15) is 0 Å². The number of rotatable bonds is 5. The Labute approximate surface area is 127 Å². The molecule has 0 bridgehead atoms. The molecule has 1 saturated heterocycles. The van der Waals surface area contributed by atoms with E-state index in [0.29, 0.717) is 12.8 Å². The van der Waals surface area contributed by atoms with Crippen LogP contribution in [0.1, 0.15) is 38.3 Å². The average Bonchev–Trinajstić information content (AvgIpc) is 2.96. The Morgan fingerprint density at radius 1 is 1.10 bits per heavy atom. The minimum atomic E-state index is 0.350. The second kappa shape index (κ2) is 6.67. The molecule has 0 spiro atoms. The third-order valence-corrected chi connectivity index (χ3v) is 4.39. The molecule has 21 heavy (non-hydrogen) atoms. The summed E-state index contributed by atoms with van der Waals surface area (Å²) in [7, 11) is 0. The quantitative estimate of drug-likeness (QED) is 0.904. The second-order valence-corrected chi connectivity index (χ2v) is 6.39. The van der Waals surface area contributed by atoms with Crippen molar-refractivity contribution in [2.45, 2.75) is 32.7 Å². The lowest BCUT2D eigenvalue weighted by molar-refractivity contribution is 0.159. The smallest absolute Gasteiger partial charge is 0.231 e. The van der Waals surface area contributed by atoms with Gasteiger partial charge in [0.2, 0.25) is 6.79 Å². The second-order valence-electron chi connectivity index (χ2n) is 6.39. The maximum atomic E-state index is 5.55. The molecular formula is C17H26N2O2. The highest BCUT2D eigenvalue weighted by atomic mass is 16.7. The van der Waals surface area contributed by atoms with Gasteiger partial charge in [-0.2, -0.15) is 0 Å². The first kappa shape index (κ1) is 14.7. The highest BCUT2D eigenvalue weighted by molar-refractivity contribution is 5.45. The number of ether oxygens (including phenoxy) is 2. The van der Waals surface area contributed by atoms with Crippen molar-refractivity contribution < 1.29 is 9.47 Å². The van der Waals surface area contributed by atoms with Crippen molar-refractivity contribution in [3.8, 4) is 11.5 Å². The maximum absolute atomic E-state index is 5.55. The monoisotopic (exact) mass is 290 g/mol. The fourth-order valence-electron chi connectivity index (χ4n) is 3.17. The Kier molecular flexibility index (Phi) is 4.66. The van der Waals surface area contributed by atoms with E-state index in [0.717, 1.165) is 43.6 Å². The third-order valence-electron chi connectivity index (χ3n) is 4.39. The van der Waals surface area contributed by atoms with Crippen LogP contribution < -0.4 is 14.8 Å². The Balaban J connectivity index is 1.79. The SMILES string of the molecule is CC(C)CC[C@H](c1ccc2c(c1)OCO2)N1CCNCC1. The lowest BCUT2D eigenvalue weighted by atomic mass is 9.95. The fourth-order valence-corrected chi connectivity index (χ4v) is 3.17. The average molecular weight is 290 g/mol. The standard InChI is InChI=1S/C17H26N2O2/c1-13(2)3-5-15(19-9-7-18-8-10-19)14-4-6-16-17(11-14)21-12-20-16/h4,6,11,13,15,18H,3,5,7-10,12H2,1-2H3/t15-/m1/s1. The van der Waals surface area contributed by atoms with Gasteiger partial charge in [0.15, 0.2) is 11.5 Å². The minimum Gasteiger partial charge on any atom is -0.454 e. The van der Waals surface area contributed by atoms with E-state index < -0.39 is 0 Å². The molecule has 2 aliphatic rings. The van der Waals surface area contributed by atoms with E-state index in [4.69, 9.17) is 9.47 Å². The van der Waals surface area contributed by atoms with E-state index in [2.05, 4.69) is 42.3 Å². The fraction of sp³-hybridized carbons (Fsp3) is 0.647. The molecule has 0 aromatic heterocycles. The molecule has 116 valence electrons. The summed E-state index contributed by atoms with van der Waals surface area (Å²) in [5.74, 6) is 2.52. The van der Waals surface area contributed by atoms with Gasteiger partial charge in [-0.05, 0) is 36.5 Å². The zero-order chi connectivity index (χ0) is 14.7. The molecule has 2 aliphatic heterocycles. The predicted octanol–water partition coefficient (Wildman–Crippen LogP) is 2.80. The van der Waals surface area contributed by atoms with Crippen molar-refractivity contribution in [3.05, 3.63) is 23.8 Å². The number of hydrogen-bond acceptors (Lipinski definition) is 4. The van der Waals surface area contributed by atoms with Crippen LogP contribution in [-0.4, -0.2) is 37.9 Å². The van der Waals surface area contributed by atoms with E-state index in [-0.39, 0.29) is 0 Å². The molecule has 1 atom stereocenters. The van der Waals surface area contributed by atoms with Gasteiger partial charge < -0.3 is 14.8 Å². The number of hydrogen-bond donors (Lipinski definition) is 1. The Bertz CT molecular complexity index is 470. The molecule has 4 heteroatoms. The van der Waals surface area contributed by atoms with E-state index in [1.54, 1.807) is 0 Å². The lowest BCUT2D eigenvalue weighted by Gasteiger charge is -2.35. The van der Waals surface area contributed by atoms with Gasteiger partial charge in [0, 0.05) is 32.2 Å². The van der Waals surface area contributed by atoms with Crippen LogP contribution in [0.5, 0.6) is 11.5 Å². The molecule has 2 heterocycles. The van der Waals surface area contributed by atoms with Crippen LogP contribution >= 0.6 is 0 Å². The summed E-state index contributed by atoms with van der Waals surface area (Å²) in [6.07, 6.45) is 2.46. The molecule has 1 aromatic rings. The normalized spacial score (nSPS) is 20.0. The number of nitrogens with zero attached hydrogens (tertiary/aromatic N) is 1. The Morgan fingerprint density at radius 2 is 1.86 bits per heavy atom. The third kappa shape index (κ3) is 3.50. The highest BCUT2D eigenvalue weighted by Gasteiger charge is 2.24. The van der Waals surface area contributed by atoms with Gasteiger partial charge in [0.05, 0.1) is 0 Å². The summed E-state index contributed by atoms with van der Waals surface area (Å²) < 4.78 is 11.0. The van der Waals surface area contributed by atoms with E-state index in [9.17, 15) is 0 Å². The van der Waals surface area contributed by atoms with Gasteiger partial charge in [-0.15, -0.1) is 0 Å². The first-order chi connectivity index (χ1) is 10.2. The van der Waals surface area contributed by atoms with Gasteiger partial charge in [-0.1, -0.05) is 19.9 Å². The molecule has 0 aliphatic carbocycles. The number of fused-ring (bicyclic) bond motifs is 1. The topological polar surface area (TPSA) is 33.7 Å². The van der Waals surface area contributed by atoms with Crippen LogP contribution in [0, 0.1) is 5.92 Å². The zero-order valence-electron chi connectivity index (χ0n) is 13.1. The zero-order valence-corrected chi connectivity index (χ0v) is 13.1. The van der Waals surface area contributed by atoms with Crippen LogP contribution in [0.2, 0.25) is 0 Å². The Morgan fingerprint density at radius 3 is 2.62 bits per heavy atom. The van der Waals surface area contributed by atoms with Gasteiger partial charge in [-0.3, -0.25) is 4.90 Å². The summed E-state index contributed by atoms with van der Waals surface area (Å²) in [5.41, 5.74) is 1.36. The van der Waals surface area contributed by atoms with Gasteiger partial charge in [-0.25, -0.2) is 0 Å². The van der Waals surface area contributed by atoms with Crippen LogP contribution in [-0.2, 0) is 0 Å². The van der Waals surface area contributed by atoms with E-state index in [1.165, 1.54) is 18.4 Å². The lowest BCUT2D eigenvalue weighted by Crippen LogP contribution is -2.45. The summed E-state index contributed by atoms with van der Waals surface area (Å²) in [6, 6.07) is 6.93. The summed E-state index contributed by atoms with van der Waals surface area (Å²) in [4.78, 5) is 2.61. The molecule has 0 amide bonds. The summed E-state index contributed by atoms with van der Waals surface area (Å²) in [6.45, 7) is 9.37. The largest absolute Gasteiger partial charge is 0.454 e. The first-order valence-electron chi connectivity index (χ1n) is 8.08. The molecule has 1 fully saturated rings. The van der Waals surface area contributed by atoms with Crippen molar-refractivity contribution in [3.63, 3.8) is 0 Å². The Hall–Kier alpha value is -1.26. The first-order valence-corrected chi connectivity index (χ1v) is 8.08. The van der Waals surface area contributed by atoms with E-state index in [1.807, 2.05) is 0 Å². The van der Waals surface area contributed by atoms with Gasteiger partial charge in [0.25, 0.3) is 0 Å². The molecule has 1 aromatic carbocycles. The van der Waals surface area contributed by atoms with Crippen LogP contribution in [0.15, 0.2) is 18.2 Å². The summed E-state index contributed by atoms with van der Waals surface area (Å²) >= 11 is 0. The highest BCUT2D eigenvalue weighted by Crippen LogP contribution is 2.37. The molecule has 0 unspecified atom stereocenters. The van der Waals surface area contributed by atoms with E-state index >= 15 is 0 Å². The number of benzene rings is 1. The molecule has 4 nitrogen and oxygen atoms in total. The van der Waals surface area contributed by atoms with Crippen molar-refractivity contribution >= 4 is 0 Å². The van der Waals surface area contributed by atoms with Crippen LogP contribution in [0.4, 0.5) is 0 Å². The summed E-state index contributed by atoms with van der Waals surface area (Å²) in [5, 5.41) is 3.44. The molecule has 3 rings (SSSR count). The van der Waals surface area contributed by atoms with Crippen molar-refractivity contribution in [2.75, 3.05) is 33.0 Å². The molecule has 1 N–H and O–H groups in total. The predicted molar refractivity (Wildman–Crippen MR) is 83.8 cm³/mol. The van der Waals surface area contributed by atoms with Crippen LogP contribution in [0.3, 0.4) is 0 Å². The molecule has 0 saturated carbocycles. The van der Waals surface area contributed by atoms with Gasteiger partial charge >= 0.3 is 0 Å². The van der Waals surface area contributed by atoms with Crippen molar-refractivity contribution in [2.24, 2.45) is 5.92 Å². The number of piperazine rings is 1. The van der Waals surface area contributed by atoms with Crippen molar-refractivity contribution in [1.82, 2.24) is 10.2 Å².